The first kappa shape index (κ1) is 13.0. The van der Waals surface area contributed by atoms with Crippen LogP contribution >= 0.6 is 0 Å². The van der Waals surface area contributed by atoms with Crippen molar-refractivity contribution in [2.24, 2.45) is 0 Å². The van der Waals surface area contributed by atoms with E-state index in [1.165, 1.54) is 0 Å². The van der Waals surface area contributed by atoms with Crippen molar-refractivity contribution in [3.05, 3.63) is 47.2 Å². The molecule has 1 amide bonds. The number of carboxylic acids is 1. The highest BCUT2D eigenvalue weighted by atomic mass is 16.4. The third kappa shape index (κ3) is 3.45. The van der Waals surface area contributed by atoms with Gasteiger partial charge in [-0.2, -0.15) is 0 Å². The molecule has 0 saturated heterocycles. The van der Waals surface area contributed by atoms with Crippen molar-refractivity contribution in [2.45, 2.75) is 20.3 Å². The van der Waals surface area contributed by atoms with Crippen LogP contribution in [0, 0.1) is 0 Å². The molecule has 90 valence electrons. The highest BCUT2D eigenvalue weighted by Gasteiger charge is 2.14. The Labute approximate surface area is 100.0 Å². The fraction of sp³-hybridized carbons (Fsp3) is 0.231. The van der Waals surface area contributed by atoms with Gasteiger partial charge in [0.25, 0.3) is 5.91 Å². The topological polar surface area (TPSA) is 66.4 Å². The molecule has 4 heteroatoms. The Morgan fingerprint density at radius 1 is 1.24 bits per heavy atom. The van der Waals surface area contributed by atoms with Crippen LogP contribution < -0.4 is 5.32 Å². The summed E-state index contributed by atoms with van der Waals surface area (Å²) >= 11 is 0. The number of amides is 1. The minimum absolute atomic E-state index is 0.0404. The molecule has 0 unspecified atom stereocenters. The van der Waals surface area contributed by atoms with E-state index in [-0.39, 0.29) is 5.70 Å². The summed E-state index contributed by atoms with van der Waals surface area (Å²) in [6.07, 6.45) is 0.580. The van der Waals surface area contributed by atoms with Crippen LogP contribution in [0.5, 0.6) is 0 Å². The summed E-state index contributed by atoms with van der Waals surface area (Å²) in [6.45, 7) is 3.53. The van der Waals surface area contributed by atoms with Gasteiger partial charge >= 0.3 is 5.97 Å². The molecule has 0 aliphatic heterocycles. The highest BCUT2D eigenvalue weighted by molar-refractivity contribution is 6.00. The number of carbonyl (C=O) groups excluding carboxylic acids is 1. The predicted molar refractivity (Wildman–Crippen MR) is 64.5 cm³/mol. The lowest BCUT2D eigenvalue weighted by atomic mass is 10.1. The van der Waals surface area contributed by atoms with Gasteiger partial charge in [0.1, 0.15) is 5.70 Å². The molecular weight excluding hydrogens is 218 g/mol. The van der Waals surface area contributed by atoms with Gasteiger partial charge in [-0.15, -0.1) is 0 Å². The minimum Gasteiger partial charge on any atom is -0.477 e. The van der Waals surface area contributed by atoms with Crippen LogP contribution in [0.4, 0.5) is 0 Å². The summed E-state index contributed by atoms with van der Waals surface area (Å²) in [5.74, 6) is -1.52. The van der Waals surface area contributed by atoms with Crippen molar-refractivity contribution in [1.29, 1.82) is 0 Å². The maximum atomic E-state index is 11.8. The van der Waals surface area contributed by atoms with Gasteiger partial charge in [-0.1, -0.05) is 25.1 Å². The summed E-state index contributed by atoms with van der Waals surface area (Å²) in [6, 6.07) is 8.52. The molecule has 0 atom stereocenters. The molecule has 4 nitrogen and oxygen atoms in total. The second-order valence-corrected chi connectivity index (χ2v) is 3.63. The average molecular weight is 233 g/mol. The van der Waals surface area contributed by atoms with Crippen LogP contribution in [0.25, 0.3) is 0 Å². The molecule has 0 bridgehead atoms. The van der Waals surface area contributed by atoms with E-state index < -0.39 is 11.9 Å². The number of aliphatic carboxylic acids is 1. The van der Waals surface area contributed by atoms with Gasteiger partial charge in [-0.05, 0) is 31.1 Å². The largest absolute Gasteiger partial charge is 0.477 e. The van der Waals surface area contributed by atoms with Crippen molar-refractivity contribution in [1.82, 2.24) is 5.32 Å². The molecule has 0 aliphatic carbocycles. The number of rotatable bonds is 4. The lowest BCUT2D eigenvalue weighted by molar-refractivity contribution is -0.133. The van der Waals surface area contributed by atoms with E-state index in [0.29, 0.717) is 17.6 Å². The van der Waals surface area contributed by atoms with Crippen molar-refractivity contribution in [3.8, 4) is 0 Å². The molecule has 0 spiro atoms. The van der Waals surface area contributed by atoms with Gasteiger partial charge in [0.2, 0.25) is 0 Å². The number of benzene rings is 1. The molecule has 0 heterocycles. The Morgan fingerprint density at radius 2 is 1.82 bits per heavy atom. The summed E-state index contributed by atoms with van der Waals surface area (Å²) in [7, 11) is 0. The first-order valence-corrected chi connectivity index (χ1v) is 5.35. The third-order valence-corrected chi connectivity index (χ3v) is 2.45. The van der Waals surface area contributed by atoms with Gasteiger partial charge < -0.3 is 10.4 Å². The predicted octanol–water partition coefficient (Wildman–Crippen LogP) is 2.19. The second-order valence-electron chi connectivity index (χ2n) is 3.63. The molecular formula is C13H15NO3. The summed E-state index contributed by atoms with van der Waals surface area (Å²) in [4.78, 5) is 22.8. The van der Waals surface area contributed by atoms with Gasteiger partial charge in [0.05, 0.1) is 0 Å². The SMILES string of the molecule is CCC(C)=C(NC(=O)c1ccccc1)C(=O)O. The maximum absolute atomic E-state index is 11.8. The van der Waals surface area contributed by atoms with E-state index in [4.69, 9.17) is 5.11 Å². The van der Waals surface area contributed by atoms with Crippen LogP contribution in [-0.4, -0.2) is 17.0 Å². The van der Waals surface area contributed by atoms with E-state index in [1.54, 1.807) is 37.3 Å². The number of hydrogen-bond donors (Lipinski definition) is 2. The van der Waals surface area contributed by atoms with Crippen LogP contribution in [0.1, 0.15) is 30.6 Å². The molecule has 2 N–H and O–H groups in total. The van der Waals surface area contributed by atoms with Crippen molar-refractivity contribution < 1.29 is 14.7 Å². The molecule has 1 aromatic rings. The fourth-order valence-corrected chi connectivity index (χ4v) is 1.29. The van der Waals surface area contributed by atoms with Crippen molar-refractivity contribution >= 4 is 11.9 Å². The average Bonchev–Trinajstić information content (AvgIpc) is 2.35. The lowest BCUT2D eigenvalue weighted by Crippen LogP contribution is -2.28. The molecule has 0 aliphatic rings. The normalized spacial score (nSPS) is 11.6. The molecule has 0 aromatic heterocycles. The summed E-state index contributed by atoms with van der Waals surface area (Å²) in [5, 5.41) is 11.4. The maximum Gasteiger partial charge on any atom is 0.352 e. The van der Waals surface area contributed by atoms with Crippen molar-refractivity contribution in [3.63, 3.8) is 0 Å². The number of nitrogens with one attached hydrogen (secondary N) is 1. The first-order chi connectivity index (χ1) is 8.06. The van der Waals surface area contributed by atoms with E-state index in [0.717, 1.165) is 0 Å². The van der Waals surface area contributed by atoms with Crippen LogP contribution in [0.2, 0.25) is 0 Å². The molecule has 1 rings (SSSR count). The Bertz CT molecular complexity index is 449. The standard InChI is InChI=1S/C13H15NO3/c1-3-9(2)11(13(16)17)14-12(15)10-7-5-4-6-8-10/h4-8H,3H2,1-2H3,(H,14,15)(H,16,17). The van der Waals surface area contributed by atoms with E-state index in [2.05, 4.69) is 5.32 Å². The van der Waals surface area contributed by atoms with E-state index >= 15 is 0 Å². The van der Waals surface area contributed by atoms with Gasteiger partial charge in [-0.25, -0.2) is 4.79 Å². The Hall–Kier alpha value is -2.10. The number of hydrogen-bond acceptors (Lipinski definition) is 2. The van der Waals surface area contributed by atoms with E-state index in [9.17, 15) is 9.59 Å². The van der Waals surface area contributed by atoms with Crippen LogP contribution in [0.15, 0.2) is 41.6 Å². The van der Waals surface area contributed by atoms with Gasteiger partial charge in [0.15, 0.2) is 0 Å². The highest BCUT2D eigenvalue weighted by Crippen LogP contribution is 2.07. The molecule has 0 radical (unpaired) electrons. The van der Waals surface area contributed by atoms with Gasteiger partial charge in [0, 0.05) is 5.56 Å². The smallest absolute Gasteiger partial charge is 0.352 e. The zero-order valence-corrected chi connectivity index (χ0v) is 9.86. The number of allylic oxidation sites excluding steroid dienone is 1. The minimum atomic E-state index is -1.12. The van der Waals surface area contributed by atoms with E-state index in [1.807, 2.05) is 6.92 Å². The number of carboxylic acid groups (broad SMARTS) is 1. The second kappa shape index (κ2) is 5.84. The summed E-state index contributed by atoms with van der Waals surface area (Å²) < 4.78 is 0. The monoisotopic (exact) mass is 233 g/mol. The van der Waals surface area contributed by atoms with Crippen LogP contribution in [-0.2, 0) is 4.79 Å². The molecule has 0 saturated carbocycles. The Morgan fingerprint density at radius 3 is 2.29 bits per heavy atom. The zero-order valence-electron chi connectivity index (χ0n) is 9.86. The molecule has 17 heavy (non-hydrogen) atoms. The van der Waals surface area contributed by atoms with Gasteiger partial charge in [-0.3, -0.25) is 4.79 Å². The van der Waals surface area contributed by atoms with Crippen molar-refractivity contribution in [2.75, 3.05) is 0 Å². The molecule has 0 fully saturated rings. The summed E-state index contributed by atoms with van der Waals surface area (Å²) in [5.41, 5.74) is 1.04. The fourth-order valence-electron chi connectivity index (χ4n) is 1.29. The lowest BCUT2D eigenvalue weighted by Gasteiger charge is -2.08. The zero-order chi connectivity index (χ0) is 12.8. The first-order valence-electron chi connectivity index (χ1n) is 5.35. The van der Waals surface area contributed by atoms with Crippen LogP contribution in [0.3, 0.4) is 0 Å². The Kier molecular flexibility index (Phi) is 4.46. The number of carbonyl (C=O) groups is 2. The quantitative estimate of drug-likeness (QED) is 0.783. The Balaban J connectivity index is 2.91. The molecule has 1 aromatic carbocycles. The third-order valence-electron chi connectivity index (χ3n) is 2.45.